The molecule has 9 nitrogen and oxygen atoms in total. The van der Waals surface area contributed by atoms with Gasteiger partial charge in [-0.05, 0) is 83.6 Å². The molecule has 0 aromatic heterocycles. The van der Waals surface area contributed by atoms with E-state index in [0.29, 0.717) is 29.7 Å². The van der Waals surface area contributed by atoms with Crippen molar-refractivity contribution >= 4 is 35.6 Å². The average molecular weight is 694 g/mol. The van der Waals surface area contributed by atoms with Crippen molar-refractivity contribution < 1.29 is 28.7 Å². The summed E-state index contributed by atoms with van der Waals surface area (Å²) in [6.45, 7) is 12.9. The number of carbonyl (C=O) groups is 4. The number of carbonyl (C=O) groups excluding carboxylic acids is 4. The zero-order chi connectivity index (χ0) is 36.6. The van der Waals surface area contributed by atoms with Crippen LogP contribution in [0.15, 0.2) is 54.6 Å². The second-order valence-corrected chi connectivity index (χ2v) is 15.0. The summed E-state index contributed by atoms with van der Waals surface area (Å²) in [6, 6.07) is 13.1. The van der Waals surface area contributed by atoms with Gasteiger partial charge in [-0.25, -0.2) is 9.59 Å². The highest BCUT2D eigenvalue weighted by atomic mass is 32.2. The summed E-state index contributed by atoms with van der Waals surface area (Å²) >= 11 is 1.54. The lowest BCUT2D eigenvalue weighted by molar-refractivity contribution is -0.159. The molecule has 0 aliphatic rings. The molecule has 0 heterocycles. The lowest BCUT2D eigenvalue weighted by atomic mass is 9.96. The average Bonchev–Trinajstić information content (AvgIpc) is 3.02. The molecule has 3 atom stereocenters. The molecule has 0 saturated heterocycles. The Hall–Kier alpha value is -3.97. The Balaban J connectivity index is 2.68. The van der Waals surface area contributed by atoms with Gasteiger partial charge in [0.05, 0.1) is 0 Å². The number of thioether (sulfide) groups is 1. The molecule has 49 heavy (non-hydrogen) atoms. The second kappa shape index (κ2) is 19.9. The summed E-state index contributed by atoms with van der Waals surface area (Å²) in [5, 5.41) is 5.71. The fraction of sp³-hybridized carbons (Fsp3) is 0.538. The topological polar surface area (TPSA) is 114 Å². The van der Waals surface area contributed by atoms with Crippen LogP contribution in [-0.4, -0.2) is 70.6 Å². The van der Waals surface area contributed by atoms with Crippen molar-refractivity contribution in [3.05, 3.63) is 71.3 Å². The molecule has 0 aliphatic carbocycles. The Labute approximate surface area is 297 Å². The Morgan fingerprint density at radius 3 is 2.08 bits per heavy atom. The molecule has 10 heteroatoms. The molecule has 2 N–H and O–H groups in total. The van der Waals surface area contributed by atoms with Crippen molar-refractivity contribution in [3.63, 3.8) is 0 Å². The van der Waals surface area contributed by atoms with Crippen LogP contribution in [0, 0.1) is 12.3 Å². The van der Waals surface area contributed by atoms with E-state index in [4.69, 9.17) is 15.9 Å². The van der Waals surface area contributed by atoms with Crippen LogP contribution in [0.5, 0.6) is 0 Å². The van der Waals surface area contributed by atoms with Gasteiger partial charge in [0.2, 0.25) is 11.8 Å². The summed E-state index contributed by atoms with van der Waals surface area (Å²) < 4.78 is 11.2. The first kappa shape index (κ1) is 41.2. The van der Waals surface area contributed by atoms with Gasteiger partial charge in [0.15, 0.2) is 0 Å². The fourth-order valence-electron chi connectivity index (χ4n) is 5.20. The molecule has 0 aliphatic heterocycles. The Bertz CT molecular complexity index is 1410. The first-order valence-electron chi connectivity index (χ1n) is 17.0. The number of nitrogens with zero attached hydrogens (tertiary/aromatic N) is 1. The van der Waals surface area contributed by atoms with Crippen molar-refractivity contribution in [2.24, 2.45) is 0 Å². The summed E-state index contributed by atoms with van der Waals surface area (Å²) in [4.78, 5) is 57.4. The number of nitrogens with one attached hydrogen (secondary N) is 2. The van der Waals surface area contributed by atoms with Gasteiger partial charge in [-0.3, -0.25) is 9.59 Å². The predicted octanol–water partition coefficient (Wildman–Crippen LogP) is 6.83. The number of benzene rings is 2. The number of ether oxygens (including phenoxy) is 2. The van der Waals surface area contributed by atoms with Crippen molar-refractivity contribution in [2.45, 2.75) is 116 Å². The first-order chi connectivity index (χ1) is 23.1. The van der Waals surface area contributed by atoms with E-state index in [2.05, 4.69) is 23.5 Å². The van der Waals surface area contributed by atoms with Crippen molar-refractivity contribution in [2.75, 3.05) is 18.6 Å². The highest BCUT2D eigenvalue weighted by Crippen LogP contribution is 2.28. The smallest absolute Gasteiger partial charge is 0.408 e. The quantitative estimate of drug-likeness (QED) is 0.106. The predicted molar refractivity (Wildman–Crippen MR) is 197 cm³/mol. The minimum atomic E-state index is -1.21. The molecular weight excluding hydrogens is 639 g/mol. The highest BCUT2D eigenvalue weighted by molar-refractivity contribution is 7.98. The van der Waals surface area contributed by atoms with Crippen LogP contribution in [0.2, 0.25) is 0 Å². The third kappa shape index (κ3) is 14.6. The van der Waals surface area contributed by atoms with Crippen molar-refractivity contribution in [1.29, 1.82) is 0 Å². The summed E-state index contributed by atoms with van der Waals surface area (Å²) in [5.74, 6) is 1.62. The van der Waals surface area contributed by atoms with Gasteiger partial charge in [-0.1, -0.05) is 80.6 Å². The number of rotatable bonds is 17. The largest absolute Gasteiger partial charge is 0.458 e. The van der Waals surface area contributed by atoms with E-state index in [1.165, 1.54) is 16.7 Å². The van der Waals surface area contributed by atoms with Gasteiger partial charge in [-0.15, -0.1) is 6.42 Å². The molecule has 0 saturated carbocycles. The van der Waals surface area contributed by atoms with E-state index in [0.717, 1.165) is 24.8 Å². The van der Waals surface area contributed by atoms with Crippen LogP contribution in [0.4, 0.5) is 4.79 Å². The van der Waals surface area contributed by atoms with Crippen LogP contribution in [0.3, 0.4) is 0 Å². The SMILES string of the molecule is C#Cc1ccccc1C(C(=O)NC(Cc1ccccc1)C(=O)OC(C)(C)C)N(CCCCCC)C(=O)C(CCSC)NC(=O)OC(C)(C)C. The van der Waals surface area contributed by atoms with Gasteiger partial charge in [0.1, 0.15) is 29.3 Å². The summed E-state index contributed by atoms with van der Waals surface area (Å²) in [6.07, 6.45) is 11.0. The normalized spacial score (nSPS) is 13.3. The van der Waals surface area contributed by atoms with Gasteiger partial charge in [-0.2, -0.15) is 11.8 Å². The lowest BCUT2D eigenvalue weighted by Gasteiger charge is -2.36. The molecule has 0 bridgehead atoms. The van der Waals surface area contributed by atoms with Crippen molar-refractivity contribution in [1.82, 2.24) is 15.5 Å². The van der Waals surface area contributed by atoms with Crippen LogP contribution in [0.1, 0.15) is 103 Å². The second-order valence-electron chi connectivity index (χ2n) is 14.0. The van der Waals surface area contributed by atoms with Crippen LogP contribution in [-0.2, 0) is 30.3 Å². The van der Waals surface area contributed by atoms with Gasteiger partial charge >= 0.3 is 12.1 Å². The molecule has 3 unspecified atom stereocenters. The van der Waals surface area contributed by atoms with Crippen molar-refractivity contribution in [3.8, 4) is 12.3 Å². The van der Waals surface area contributed by atoms with E-state index in [9.17, 15) is 19.2 Å². The third-order valence-electron chi connectivity index (χ3n) is 7.40. The maximum atomic E-state index is 14.7. The van der Waals surface area contributed by atoms with Gasteiger partial charge in [0.25, 0.3) is 0 Å². The van der Waals surface area contributed by atoms with E-state index in [1.807, 2.05) is 36.6 Å². The number of amides is 3. The number of esters is 1. The maximum Gasteiger partial charge on any atom is 0.408 e. The van der Waals surface area contributed by atoms with Gasteiger partial charge < -0.3 is 25.0 Å². The maximum absolute atomic E-state index is 14.7. The summed E-state index contributed by atoms with van der Waals surface area (Å²) in [5.41, 5.74) is 0.123. The lowest BCUT2D eigenvalue weighted by Crippen LogP contribution is -2.55. The minimum absolute atomic E-state index is 0.173. The molecule has 2 rings (SSSR count). The van der Waals surface area contributed by atoms with Crippen LogP contribution >= 0.6 is 11.8 Å². The standard InChI is InChI=1S/C39H55N3O6S/c1-10-12-13-19-25-42(35(44)31(24-26-49-9)41-37(46)48-39(6,7)8)33(30-23-18-17-22-29(30)11-2)34(43)40-32(36(45)47-38(3,4)5)27-28-20-15-14-16-21-28/h2,14-18,20-23,31-33H,10,12-13,19,24-27H2,1,3-9H3,(H,40,43)(H,41,46). The molecule has 0 radical (unpaired) electrons. The monoisotopic (exact) mass is 693 g/mol. The molecule has 2 aromatic carbocycles. The molecule has 268 valence electrons. The van der Waals surface area contributed by atoms with Gasteiger partial charge in [0, 0.05) is 18.5 Å². The number of alkyl carbamates (subject to hydrolysis) is 1. The zero-order valence-corrected chi connectivity index (χ0v) is 31.3. The Morgan fingerprint density at radius 1 is 0.857 bits per heavy atom. The van der Waals surface area contributed by atoms with Crippen LogP contribution in [0.25, 0.3) is 0 Å². The number of unbranched alkanes of at least 4 members (excludes halogenated alkanes) is 3. The number of terminal acetylenes is 1. The molecular formula is C39H55N3O6S. The molecule has 2 aromatic rings. The van der Waals surface area contributed by atoms with E-state index in [1.54, 1.807) is 65.8 Å². The third-order valence-corrected chi connectivity index (χ3v) is 8.04. The number of hydrogen-bond acceptors (Lipinski definition) is 7. The zero-order valence-electron chi connectivity index (χ0n) is 30.5. The van der Waals surface area contributed by atoms with Crippen LogP contribution < -0.4 is 10.6 Å². The summed E-state index contributed by atoms with van der Waals surface area (Å²) in [7, 11) is 0. The molecule has 3 amide bonds. The Morgan fingerprint density at radius 2 is 1.49 bits per heavy atom. The molecule has 0 spiro atoms. The number of hydrogen-bond donors (Lipinski definition) is 2. The minimum Gasteiger partial charge on any atom is -0.458 e. The molecule has 0 fully saturated rings. The highest BCUT2D eigenvalue weighted by Gasteiger charge is 2.39. The van der Waals surface area contributed by atoms with E-state index >= 15 is 0 Å². The first-order valence-corrected chi connectivity index (χ1v) is 18.4. The van der Waals surface area contributed by atoms with E-state index in [-0.39, 0.29) is 13.0 Å². The van der Waals surface area contributed by atoms with E-state index < -0.39 is 53.2 Å². The fourth-order valence-corrected chi connectivity index (χ4v) is 5.67. The Kier molecular flexibility index (Phi) is 16.7.